The maximum atomic E-state index is 13.0. The van der Waals surface area contributed by atoms with E-state index in [4.69, 9.17) is 5.73 Å². The normalized spacial score (nSPS) is 15.1. The molecule has 1 amide bonds. The Balaban J connectivity index is 1.58. The number of fused-ring (bicyclic) bond motifs is 1. The summed E-state index contributed by atoms with van der Waals surface area (Å²) in [6.07, 6.45) is 8.62. The second-order valence-corrected chi connectivity index (χ2v) is 7.88. The SMILES string of the molecule is C=N/C=C(N)\C=C(/C)c1ccc2[nH]nc(C(=O)Nc3ccnc(N4CCCCC4)c3)c2c1. The third-order valence-electron chi connectivity index (χ3n) is 5.54. The Labute approximate surface area is 186 Å². The van der Waals surface area contributed by atoms with Gasteiger partial charge >= 0.3 is 0 Å². The van der Waals surface area contributed by atoms with Crippen LogP contribution in [-0.4, -0.2) is 40.9 Å². The van der Waals surface area contributed by atoms with Crippen molar-refractivity contribution in [1.82, 2.24) is 15.2 Å². The van der Waals surface area contributed by atoms with Crippen molar-refractivity contribution < 1.29 is 4.79 Å². The number of nitrogens with zero attached hydrogens (tertiary/aromatic N) is 4. The zero-order chi connectivity index (χ0) is 22.5. The zero-order valence-corrected chi connectivity index (χ0v) is 18.1. The van der Waals surface area contributed by atoms with Gasteiger partial charge in [0, 0.05) is 42.6 Å². The van der Waals surface area contributed by atoms with E-state index in [9.17, 15) is 4.79 Å². The number of H-pyrrole nitrogens is 1. The number of hydrogen-bond acceptors (Lipinski definition) is 6. The lowest BCUT2D eigenvalue weighted by atomic mass is 10.0. The van der Waals surface area contributed by atoms with Gasteiger partial charge in [-0.1, -0.05) is 6.07 Å². The van der Waals surface area contributed by atoms with Crippen molar-refractivity contribution in [1.29, 1.82) is 0 Å². The molecule has 3 aromatic rings. The molecule has 3 heterocycles. The summed E-state index contributed by atoms with van der Waals surface area (Å²) in [5, 5.41) is 10.9. The minimum atomic E-state index is -0.277. The van der Waals surface area contributed by atoms with Crippen LogP contribution in [0.5, 0.6) is 0 Å². The van der Waals surface area contributed by atoms with Crippen LogP contribution in [0.1, 0.15) is 42.2 Å². The van der Waals surface area contributed by atoms with Gasteiger partial charge in [-0.15, -0.1) is 0 Å². The summed E-state index contributed by atoms with van der Waals surface area (Å²) in [5.74, 6) is 0.609. The van der Waals surface area contributed by atoms with Gasteiger partial charge in [0.2, 0.25) is 0 Å². The minimum absolute atomic E-state index is 0.277. The molecular weight excluding hydrogens is 402 g/mol. The highest BCUT2D eigenvalue weighted by Gasteiger charge is 2.17. The topological polar surface area (TPSA) is 112 Å². The number of aliphatic imine (C=N–C) groups is 1. The molecule has 8 nitrogen and oxygen atoms in total. The number of pyridine rings is 1. The molecule has 0 bridgehead atoms. The van der Waals surface area contributed by atoms with E-state index < -0.39 is 0 Å². The number of nitrogens with two attached hydrogens (primary N) is 1. The Morgan fingerprint density at radius 1 is 1.25 bits per heavy atom. The van der Waals surface area contributed by atoms with Gasteiger partial charge in [-0.25, -0.2) is 4.98 Å². The third kappa shape index (κ3) is 4.69. The predicted octanol–water partition coefficient (Wildman–Crippen LogP) is 4.10. The number of aromatic amines is 1. The van der Waals surface area contributed by atoms with Gasteiger partial charge in [0.1, 0.15) is 5.82 Å². The Bertz CT molecular complexity index is 1200. The highest BCUT2D eigenvalue weighted by Crippen LogP contribution is 2.25. The number of allylic oxidation sites excluding steroid dienone is 2. The first kappa shape index (κ1) is 21.3. The number of rotatable bonds is 6. The molecule has 164 valence electrons. The predicted molar refractivity (Wildman–Crippen MR) is 130 cm³/mol. The Kier molecular flexibility index (Phi) is 6.30. The van der Waals surface area contributed by atoms with Gasteiger partial charge in [-0.05, 0) is 68.3 Å². The van der Waals surface area contributed by atoms with E-state index in [-0.39, 0.29) is 5.91 Å². The van der Waals surface area contributed by atoms with E-state index in [0.29, 0.717) is 17.1 Å². The average molecular weight is 430 g/mol. The van der Waals surface area contributed by atoms with E-state index in [1.54, 1.807) is 12.3 Å². The third-order valence-corrected chi connectivity index (χ3v) is 5.54. The molecule has 1 aromatic carbocycles. The molecule has 1 saturated heterocycles. The van der Waals surface area contributed by atoms with Crippen LogP contribution in [0, 0.1) is 0 Å². The van der Waals surface area contributed by atoms with Gasteiger partial charge in [-0.2, -0.15) is 5.10 Å². The molecule has 0 atom stereocenters. The molecule has 0 saturated carbocycles. The smallest absolute Gasteiger partial charge is 0.276 e. The summed E-state index contributed by atoms with van der Waals surface area (Å²) in [5.41, 5.74) is 10.1. The van der Waals surface area contributed by atoms with Gasteiger partial charge in [0.05, 0.1) is 11.2 Å². The molecule has 32 heavy (non-hydrogen) atoms. The lowest BCUT2D eigenvalue weighted by Crippen LogP contribution is -2.30. The summed E-state index contributed by atoms with van der Waals surface area (Å²) >= 11 is 0. The lowest BCUT2D eigenvalue weighted by molar-refractivity contribution is 0.102. The zero-order valence-electron chi connectivity index (χ0n) is 18.1. The van der Waals surface area contributed by atoms with E-state index in [1.807, 2.05) is 37.3 Å². The van der Waals surface area contributed by atoms with Gasteiger partial charge in [0.15, 0.2) is 5.69 Å². The number of amides is 1. The number of anilines is 2. The van der Waals surface area contributed by atoms with Gasteiger partial charge < -0.3 is 16.0 Å². The van der Waals surface area contributed by atoms with Crippen LogP contribution >= 0.6 is 0 Å². The Morgan fingerprint density at radius 3 is 2.84 bits per heavy atom. The molecule has 4 rings (SSSR count). The van der Waals surface area contributed by atoms with E-state index >= 15 is 0 Å². The first-order valence-electron chi connectivity index (χ1n) is 10.7. The van der Waals surface area contributed by atoms with Crippen molar-refractivity contribution in [2.45, 2.75) is 26.2 Å². The fourth-order valence-corrected chi connectivity index (χ4v) is 3.89. The number of piperidine rings is 1. The number of nitrogens with one attached hydrogen (secondary N) is 2. The van der Waals surface area contributed by atoms with E-state index in [2.05, 4.69) is 37.1 Å². The number of hydrogen-bond donors (Lipinski definition) is 3. The van der Waals surface area contributed by atoms with Crippen LogP contribution in [0.2, 0.25) is 0 Å². The number of benzene rings is 1. The van der Waals surface area contributed by atoms with E-state index in [0.717, 1.165) is 40.9 Å². The average Bonchev–Trinajstić information content (AvgIpc) is 3.23. The molecule has 0 radical (unpaired) electrons. The fraction of sp³-hybridized carbons (Fsp3) is 0.250. The van der Waals surface area contributed by atoms with Crippen molar-refractivity contribution in [3.05, 3.63) is 65.8 Å². The highest BCUT2D eigenvalue weighted by atomic mass is 16.1. The number of aromatic nitrogens is 3. The quantitative estimate of drug-likeness (QED) is 0.403. The summed E-state index contributed by atoms with van der Waals surface area (Å²) in [7, 11) is 0. The largest absolute Gasteiger partial charge is 0.397 e. The molecule has 0 unspecified atom stereocenters. The van der Waals surface area contributed by atoms with E-state index in [1.165, 1.54) is 25.5 Å². The maximum Gasteiger partial charge on any atom is 0.276 e. The van der Waals surface area contributed by atoms with Crippen LogP contribution in [0.15, 0.2) is 59.5 Å². The van der Waals surface area contributed by atoms with Crippen molar-refractivity contribution in [3.8, 4) is 0 Å². The summed E-state index contributed by atoms with van der Waals surface area (Å²) in [4.78, 5) is 23.4. The first-order chi connectivity index (χ1) is 15.5. The van der Waals surface area contributed by atoms with Crippen molar-refractivity contribution >= 4 is 40.6 Å². The van der Waals surface area contributed by atoms with Gasteiger partial charge in [-0.3, -0.25) is 14.9 Å². The maximum absolute atomic E-state index is 13.0. The van der Waals surface area contributed by atoms with Crippen LogP contribution in [0.4, 0.5) is 11.5 Å². The summed E-state index contributed by atoms with van der Waals surface area (Å²) in [6.45, 7) is 7.35. The molecule has 1 aliphatic rings. The Hall–Kier alpha value is -3.94. The Morgan fingerprint density at radius 2 is 2.06 bits per heavy atom. The van der Waals surface area contributed by atoms with Gasteiger partial charge in [0.25, 0.3) is 5.91 Å². The molecule has 1 aliphatic heterocycles. The minimum Gasteiger partial charge on any atom is -0.397 e. The van der Waals surface area contributed by atoms with Crippen LogP contribution in [-0.2, 0) is 0 Å². The molecule has 1 fully saturated rings. The standard InChI is InChI=1S/C24H27N7O/c1-16(12-18(25)15-26-2)17-6-7-21-20(13-17)23(30-29-21)24(32)28-19-8-9-27-22(14-19)31-10-4-3-5-11-31/h6-9,12-15H,2-5,10-11,25H2,1H3,(H,29,30)(H,27,28,32)/b16-12+,18-15+. The molecular formula is C24H27N7O. The summed E-state index contributed by atoms with van der Waals surface area (Å²) in [6, 6.07) is 9.50. The number of carbonyl (C=O) groups excluding carboxylic acids is 1. The fourth-order valence-electron chi connectivity index (χ4n) is 3.89. The van der Waals surface area contributed by atoms with Crippen molar-refractivity contribution in [2.75, 3.05) is 23.3 Å². The van der Waals surface area contributed by atoms with Crippen molar-refractivity contribution in [3.63, 3.8) is 0 Å². The molecule has 0 spiro atoms. The molecule has 0 aliphatic carbocycles. The van der Waals surface area contributed by atoms with Crippen LogP contribution in [0.25, 0.3) is 16.5 Å². The summed E-state index contributed by atoms with van der Waals surface area (Å²) < 4.78 is 0. The number of carbonyl (C=O) groups is 1. The van der Waals surface area contributed by atoms with Crippen molar-refractivity contribution in [2.24, 2.45) is 10.7 Å². The monoisotopic (exact) mass is 429 g/mol. The highest BCUT2D eigenvalue weighted by molar-refractivity contribution is 6.11. The first-order valence-corrected chi connectivity index (χ1v) is 10.7. The molecule has 4 N–H and O–H groups in total. The molecule has 2 aromatic heterocycles. The molecule has 8 heteroatoms. The van der Waals surface area contributed by atoms with Crippen LogP contribution < -0.4 is 16.0 Å². The lowest BCUT2D eigenvalue weighted by Gasteiger charge is -2.27. The second kappa shape index (κ2) is 9.47. The second-order valence-electron chi connectivity index (χ2n) is 7.88. The van der Waals surface area contributed by atoms with Crippen LogP contribution in [0.3, 0.4) is 0 Å².